The van der Waals surface area contributed by atoms with Crippen LogP contribution in [0, 0.1) is 0 Å². The monoisotopic (exact) mass is 282 g/mol. The molecule has 0 bridgehead atoms. The first-order valence-corrected chi connectivity index (χ1v) is 5.89. The standard InChI is InChI=1S/C10H18O9/c11-1-3-5(12)8(15)10(19-3)17-2-4-6(13)7(14)9(16)18-4/h3-16H,1-2H2/t3-,4-,5-,6-,7+,8+,9?,10+/m0/s1. The van der Waals surface area contributed by atoms with E-state index in [-0.39, 0.29) is 6.61 Å². The first-order valence-electron chi connectivity index (χ1n) is 5.89. The van der Waals surface area contributed by atoms with Crippen LogP contribution in [-0.4, -0.2) is 93.1 Å². The third-order valence-electron chi connectivity index (χ3n) is 3.26. The van der Waals surface area contributed by atoms with Crippen LogP contribution < -0.4 is 0 Å². The third kappa shape index (κ3) is 2.89. The highest BCUT2D eigenvalue weighted by Gasteiger charge is 2.46. The van der Waals surface area contributed by atoms with Crippen molar-refractivity contribution < 1.29 is 44.8 Å². The van der Waals surface area contributed by atoms with Crippen LogP contribution in [0.4, 0.5) is 0 Å². The molecule has 9 heteroatoms. The molecule has 112 valence electrons. The second-order valence-corrected chi connectivity index (χ2v) is 4.59. The van der Waals surface area contributed by atoms with Crippen LogP contribution in [0.1, 0.15) is 0 Å². The first-order chi connectivity index (χ1) is 8.95. The molecule has 1 unspecified atom stereocenters. The summed E-state index contributed by atoms with van der Waals surface area (Å²) < 4.78 is 15.0. The molecule has 0 aromatic rings. The minimum Gasteiger partial charge on any atom is -0.394 e. The molecule has 19 heavy (non-hydrogen) atoms. The molecule has 2 aliphatic rings. The SMILES string of the molecule is OC[C@@H]1O[C@@H](OC[C@@H]2OC(O)[C@H](O)[C@H]2O)[C@H](O)[C@H]1O. The molecule has 0 aromatic carbocycles. The van der Waals surface area contributed by atoms with E-state index in [0.717, 1.165) is 0 Å². The summed E-state index contributed by atoms with van der Waals surface area (Å²) >= 11 is 0. The van der Waals surface area contributed by atoms with Gasteiger partial charge in [-0.3, -0.25) is 0 Å². The van der Waals surface area contributed by atoms with Crippen LogP contribution in [0.25, 0.3) is 0 Å². The summed E-state index contributed by atoms with van der Waals surface area (Å²) in [4.78, 5) is 0. The predicted octanol–water partition coefficient (Wildman–Crippen LogP) is -4.12. The Hall–Kier alpha value is -0.360. The molecule has 2 aliphatic heterocycles. The van der Waals surface area contributed by atoms with E-state index in [1.165, 1.54) is 0 Å². The number of rotatable bonds is 4. The van der Waals surface area contributed by atoms with E-state index in [0.29, 0.717) is 0 Å². The van der Waals surface area contributed by atoms with E-state index in [4.69, 9.17) is 24.4 Å². The molecule has 2 saturated heterocycles. The lowest BCUT2D eigenvalue weighted by atomic mass is 10.1. The maximum Gasteiger partial charge on any atom is 0.186 e. The molecule has 0 radical (unpaired) electrons. The van der Waals surface area contributed by atoms with Crippen LogP contribution >= 0.6 is 0 Å². The van der Waals surface area contributed by atoms with Gasteiger partial charge in [-0.25, -0.2) is 0 Å². The number of aliphatic hydroxyl groups is 6. The van der Waals surface area contributed by atoms with E-state index in [2.05, 4.69) is 0 Å². The first kappa shape index (κ1) is 15.0. The Balaban J connectivity index is 1.83. The van der Waals surface area contributed by atoms with Gasteiger partial charge in [0.2, 0.25) is 0 Å². The van der Waals surface area contributed by atoms with E-state index >= 15 is 0 Å². The highest BCUT2D eigenvalue weighted by Crippen LogP contribution is 2.24. The van der Waals surface area contributed by atoms with E-state index in [1.807, 2.05) is 0 Å². The second kappa shape index (κ2) is 5.95. The summed E-state index contributed by atoms with van der Waals surface area (Å²) in [5.41, 5.74) is 0. The van der Waals surface area contributed by atoms with Gasteiger partial charge in [0, 0.05) is 0 Å². The number of aliphatic hydroxyl groups excluding tert-OH is 6. The molecular formula is C10H18O9. The van der Waals surface area contributed by atoms with Gasteiger partial charge >= 0.3 is 0 Å². The van der Waals surface area contributed by atoms with Gasteiger partial charge in [0.1, 0.15) is 36.6 Å². The molecule has 0 amide bonds. The van der Waals surface area contributed by atoms with Crippen molar-refractivity contribution in [1.82, 2.24) is 0 Å². The fraction of sp³-hybridized carbons (Fsp3) is 1.00. The molecule has 6 N–H and O–H groups in total. The number of hydrogen-bond acceptors (Lipinski definition) is 9. The molecule has 0 aromatic heterocycles. The smallest absolute Gasteiger partial charge is 0.186 e. The molecular weight excluding hydrogens is 264 g/mol. The van der Waals surface area contributed by atoms with Crippen LogP contribution in [0.5, 0.6) is 0 Å². The van der Waals surface area contributed by atoms with Crippen LogP contribution in [0.3, 0.4) is 0 Å². The van der Waals surface area contributed by atoms with Gasteiger partial charge in [-0.05, 0) is 0 Å². The van der Waals surface area contributed by atoms with Gasteiger partial charge in [-0.15, -0.1) is 0 Å². The third-order valence-corrected chi connectivity index (χ3v) is 3.26. The molecule has 2 heterocycles. The summed E-state index contributed by atoms with van der Waals surface area (Å²) in [5.74, 6) is 0. The average Bonchev–Trinajstić information content (AvgIpc) is 2.81. The molecule has 2 rings (SSSR count). The van der Waals surface area contributed by atoms with Crippen molar-refractivity contribution in [3.05, 3.63) is 0 Å². The van der Waals surface area contributed by atoms with Crippen molar-refractivity contribution >= 4 is 0 Å². The summed E-state index contributed by atoms with van der Waals surface area (Å²) in [6.45, 7) is -0.736. The molecule has 0 spiro atoms. The van der Waals surface area contributed by atoms with Gasteiger partial charge in [0.25, 0.3) is 0 Å². The summed E-state index contributed by atoms with van der Waals surface area (Å²) in [6, 6.07) is 0. The normalized spacial score (nSPS) is 50.8. The van der Waals surface area contributed by atoms with E-state index in [1.54, 1.807) is 0 Å². The molecule has 0 aliphatic carbocycles. The van der Waals surface area contributed by atoms with E-state index in [9.17, 15) is 20.4 Å². The Morgan fingerprint density at radius 3 is 1.89 bits per heavy atom. The Labute approximate surface area is 108 Å². The van der Waals surface area contributed by atoms with Crippen molar-refractivity contribution in [2.24, 2.45) is 0 Å². The summed E-state index contributed by atoms with van der Waals surface area (Å²) in [6.07, 6.45) is -10.00. The lowest BCUT2D eigenvalue weighted by Crippen LogP contribution is -2.38. The predicted molar refractivity (Wildman–Crippen MR) is 56.6 cm³/mol. The molecule has 9 nitrogen and oxygen atoms in total. The highest BCUT2D eigenvalue weighted by molar-refractivity contribution is 4.88. The lowest BCUT2D eigenvalue weighted by Gasteiger charge is -2.19. The number of hydrogen-bond donors (Lipinski definition) is 6. The molecule has 2 fully saturated rings. The van der Waals surface area contributed by atoms with Crippen LogP contribution in [-0.2, 0) is 14.2 Å². The van der Waals surface area contributed by atoms with Crippen molar-refractivity contribution in [3.63, 3.8) is 0 Å². The maximum absolute atomic E-state index is 9.59. The van der Waals surface area contributed by atoms with E-state index < -0.39 is 55.8 Å². The summed E-state index contributed by atoms with van der Waals surface area (Å²) in [7, 11) is 0. The minimum absolute atomic E-state index is 0.262. The minimum atomic E-state index is -1.51. The topological polar surface area (TPSA) is 149 Å². The van der Waals surface area contributed by atoms with Gasteiger partial charge in [-0.1, -0.05) is 0 Å². The summed E-state index contributed by atoms with van der Waals surface area (Å²) in [5, 5.41) is 55.9. The number of ether oxygens (including phenoxy) is 3. The van der Waals surface area contributed by atoms with Crippen LogP contribution in [0.2, 0.25) is 0 Å². The largest absolute Gasteiger partial charge is 0.394 e. The van der Waals surface area contributed by atoms with Crippen molar-refractivity contribution in [1.29, 1.82) is 0 Å². The van der Waals surface area contributed by atoms with Crippen molar-refractivity contribution in [3.8, 4) is 0 Å². The van der Waals surface area contributed by atoms with Gasteiger partial charge in [0.05, 0.1) is 13.2 Å². The highest BCUT2D eigenvalue weighted by atomic mass is 16.7. The molecule has 8 atom stereocenters. The Morgan fingerprint density at radius 2 is 1.42 bits per heavy atom. The zero-order valence-corrected chi connectivity index (χ0v) is 9.94. The van der Waals surface area contributed by atoms with Crippen molar-refractivity contribution in [2.75, 3.05) is 13.2 Å². The van der Waals surface area contributed by atoms with Crippen molar-refractivity contribution in [2.45, 2.75) is 49.2 Å². The van der Waals surface area contributed by atoms with Gasteiger partial charge in [0.15, 0.2) is 12.6 Å². The molecule has 0 saturated carbocycles. The van der Waals surface area contributed by atoms with Gasteiger partial charge in [-0.2, -0.15) is 0 Å². The zero-order valence-electron chi connectivity index (χ0n) is 9.94. The Morgan fingerprint density at radius 1 is 0.789 bits per heavy atom. The lowest BCUT2D eigenvalue weighted by molar-refractivity contribution is -0.197. The Kier molecular flexibility index (Phi) is 4.71. The van der Waals surface area contributed by atoms with Gasteiger partial charge < -0.3 is 44.8 Å². The van der Waals surface area contributed by atoms with Crippen LogP contribution in [0.15, 0.2) is 0 Å². The zero-order chi connectivity index (χ0) is 14.2. The quantitative estimate of drug-likeness (QED) is 0.302. The Bertz CT molecular complexity index is 301. The second-order valence-electron chi connectivity index (χ2n) is 4.59. The fourth-order valence-corrected chi connectivity index (χ4v) is 2.06. The average molecular weight is 282 g/mol. The maximum atomic E-state index is 9.59. The fourth-order valence-electron chi connectivity index (χ4n) is 2.06.